The Balaban J connectivity index is 2.23. The van der Waals surface area contributed by atoms with Gasteiger partial charge in [-0.05, 0) is 0 Å². The average molecular weight is 232 g/mol. The normalized spacial score (nSPS) is 29.5. The van der Waals surface area contributed by atoms with Crippen LogP contribution in [0.15, 0.2) is 11.1 Å². The molecule has 8 heteroatoms. The Hall–Kier alpha value is -1.51. The van der Waals surface area contributed by atoms with Gasteiger partial charge in [0.1, 0.15) is 18.7 Å². The van der Waals surface area contributed by atoms with Crippen LogP contribution >= 0.6 is 0 Å². The van der Waals surface area contributed by atoms with Gasteiger partial charge in [0.15, 0.2) is 0 Å². The molecule has 0 spiro atoms. The Morgan fingerprint density at radius 2 is 2.44 bits per heavy atom. The molecule has 8 nitrogen and oxygen atoms in total. The van der Waals surface area contributed by atoms with Crippen molar-refractivity contribution in [1.29, 1.82) is 0 Å². The van der Waals surface area contributed by atoms with E-state index in [2.05, 4.69) is 9.97 Å². The van der Waals surface area contributed by atoms with Crippen LogP contribution in [0.4, 0.5) is 5.95 Å². The first-order chi connectivity index (χ1) is 7.61. The van der Waals surface area contributed by atoms with Crippen molar-refractivity contribution in [3.05, 3.63) is 16.8 Å². The minimum Gasteiger partial charge on any atom is -0.394 e. The third kappa shape index (κ3) is 1.90. The van der Waals surface area contributed by atoms with Gasteiger partial charge in [-0.2, -0.15) is 4.98 Å². The summed E-state index contributed by atoms with van der Waals surface area (Å²) in [5, 5.41) is 18.4. The third-order valence-electron chi connectivity index (χ3n) is 2.44. The minimum absolute atomic E-state index is 0.112. The van der Waals surface area contributed by atoms with Crippen LogP contribution in [0, 0.1) is 0 Å². The second-order valence-corrected chi connectivity index (χ2v) is 3.52. The second kappa shape index (κ2) is 4.16. The molecule has 2 rings (SSSR count). The van der Waals surface area contributed by atoms with E-state index >= 15 is 0 Å². The highest BCUT2D eigenvalue weighted by Gasteiger charge is 2.35. The SMILES string of the molecule is [15NH2]c1[15n]c[15n]([C@H]2C[C@H](O)[C@@H](CO)O2)c(=O)[15n]1. The molecule has 0 bridgehead atoms. The monoisotopic (exact) mass is 232 g/mol. The van der Waals surface area contributed by atoms with Gasteiger partial charge < -0.3 is 20.7 Å². The maximum absolute atomic E-state index is 11.4. The molecule has 0 amide bonds. The number of aromatic nitrogens is 3. The van der Waals surface area contributed by atoms with Gasteiger partial charge in [-0.25, -0.2) is 9.78 Å². The van der Waals surface area contributed by atoms with Crippen LogP contribution in [-0.4, -0.2) is 43.6 Å². The molecule has 1 aromatic rings. The number of hydrogen-bond donors (Lipinski definition) is 3. The molecule has 0 radical (unpaired) electrons. The van der Waals surface area contributed by atoms with E-state index in [9.17, 15) is 9.90 Å². The van der Waals surface area contributed by atoms with E-state index < -0.39 is 24.1 Å². The number of aliphatic hydroxyl groups excluding tert-OH is 2. The van der Waals surface area contributed by atoms with E-state index in [4.69, 9.17) is 15.6 Å². The topological polar surface area (TPSA) is 123 Å². The van der Waals surface area contributed by atoms with Crippen LogP contribution in [0.1, 0.15) is 12.6 Å². The van der Waals surface area contributed by atoms with Crippen LogP contribution in [0.25, 0.3) is 0 Å². The lowest BCUT2D eigenvalue weighted by atomic mass is 10.2. The largest absolute Gasteiger partial charge is 0.394 e. The molecule has 1 fully saturated rings. The average Bonchev–Trinajstić information content (AvgIpc) is 2.59. The molecule has 1 saturated heterocycles. The molecule has 0 unspecified atom stereocenters. The quantitative estimate of drug-likeness (QED) is 0.497. The van der Waals surface area contributed by atoms with E-state index in [1.54, 1.807) is 0 Å². The molecule has 0 saturated carbocycles. The maximum Gasteiger partial charge on any atom is 0.354 e. The van der Waals surface area contributed by atoms with Crippen LogP contribution in [0.2, 0.25) is 0 Å². The second-order valence-electron chi connectivity index (χ2n) is 3.52. The van der Waals surface area contributed by atoms with Gasteiger partial charge in [-0.1, -0.05) is 0 Å². The third-order valence-corrected chi connectivity index (χ3v) is 2.44. The summed E-state index contributed by atoms with van der Waals surface area (Å²) in [6, 6.07) is 0. The van der Waals surface area contributed by atoms with Crippen molar-refractivity contribution in [3.8, 4) is 0 Å². The Kier molecular flexibility index (Phi) is 2.86. The van der Waals surface area contributed by atoms with Gasteiger partial charge in [-0.15, -0.1) is 0 Å². The van der Waals surface area contributed by atoms with Crippen LogP contribution in [0.5, 0.6) is 0 Å². The molecule has 1 aromatic heterocycles. The first kappa shape index (κ1) is 11.0. The summed E-state index contributed by atoms with van der Waals surface area (Å²) in [5.74, 6) is -0.112. The zero-order chi connectivity index (χ0) is 11.7. The van der Waals surface area contributed by atoms with E-state index in [0.29, 0.717) is 0 Å². The summed E-state index contributed by atoms with van der Waals surface area (Å²) in [6.07, 6.45) is -0.741. The van der Waals surface area contributed by atoms with Crippen molar-refractivity contribution in [1.82, 2.24) is 14.5 Å². The standard InChI is InChI=1S/C8H12N4O4/c9-7-10-3-12(8(15)11-7)6-1-4(14)5(2-13)16-6/h3-6,13-14H,1-2H2,(H2,9,11,15)/t4-,5+,6+/m0/s1/i9+1,10+1,11+1,12+1. The zero-order valence-corrected chi connectivity index (χ0v) is 8.35. The zero-order valence-electron chi connectivity index (χ0n) is 8.35. The van der Waals surface area contributed by atoms with Crippen LogP contribution < -0.4 is 11.4 Å². The van der Waals surface area contributed by atoms with Gasteiger partial charge in [0.25, 0.3) is 0 Å². The number of hydrogen-bond acceptors (Lipinski definition) is 7. The molecule has 1 aliphatic rings. The van der Waals surface area contributed by atoms with Crippen molar-refractivity contribution in [2.24, 2.45) is 0 Å². The molecule has 1 aliphatic heterocycles. The van der Waals surface area contributed by atoms with Crippen molar-refractivity contribution >= 4 is 5.95 Å². The van der Waals surface area contributed by atoms with Crippen LogP contribution in [-0.2, 0) is 4.74 Å². The van der Waals surface area contributed by atoms with Gasteiger partial charge in [0, 0.05) is 6.42 Å². The fourth-order valence-corrected chi connectivity index (χ4v) is 1.60. The highest BCUT2D eigenvalue weighted by atomic mass is 16.6. The first-order valence-electron chi connectivity index (χ1n) is 4.77. The van der Waals surface area contributed by atoms with Gasteiger partial charge in [0.05, 0.1) is 12.7 Å². The minimum atomic E-state index is -0.806. The molecule has 2 heterocycles. The Bertz CT molecular complexity index is 434. The predicted octanol–water partition coefficient (Wildman–Crippen LogP) is -2.14. The molecule has 0 aliphatic carbocycles. The molecular formula is C8H12N4O4. The number of ether oxygens (including phenoxy) is 1. The molecule has 88 valence electrons. The summed E-state index contributed by atoms with van der Waals surface area (Å²) in [7, 11) is 0. The van der Waals surface area contributed by atoms with Gasteiger partial charge in [-0.3, -0.25) is 4.57 Å². The van der Waals surface area contributed by atoms with Crippen molar-refractivity contribution < 1.29 is 14.9 Å². The highest BCUT2D eigenvalue weighted by Crippen LogP contribution is 2.26. The van der Waals surface area contributed by atoms with Crippen molar-refractivity contribution in [2.45, 2.75) is 24.9 Å². The lowest BCUT2D eigenvalue weighted by Crippen LogP contribution is -2.28. The van der Waals surface area contributed by atoms with Crippen LogP contribution in [0.3, 0.4) is 0 Å². The number of nitrogens with two attached hydrogens (primary N) is 1. The molecule has 16 heavy (non-hydrogen) atoms. The summed E-state index contributed by atoms with van der Waals surface area (Å²) in [4.78, 5) is 18.5. The maximum atomic E-state index is 11.4. The lowest BCUT2D eigenvalue weighted by molar-refractivity contribution is -0.0462. The number of nitrogen functional groups attached to an aromatic ring is 1. The predicted molar refractivity (Wildman–Crippen MR) is 52.3 cm³/mol. The fourth-order valence-electron chi connectivity index (χ4n) is 1.60. The Labute approximate surface area is 90.3 Å². The summed E-state index contributed by atoms with van der Waals surface area (Å²) in [5.41, 5.74) is 4.65. The number of rotatable bonds is 2. The van der Waals surface area contributed by atoms with Gasteiger partial charge in [0.2, 0.25) is 5.95 Å². The lowest BCUT2D eigenvalue weighted by Gasteiger charge is -2.13. The molecular weight excluding hydrogens is 220 g/mol. The van der Waals surface area contributed by atoms with E-state index in [0.717, 1.165) is 4.57 Å². The van der Waals surface area contributed by atoms with E-state index in [1.165, 1.54) is 6.33 Å². The molecule has 0 aromatic carbocycles. The Morgan fingerprint density at radius 3 is 3.00 bits per heavy atom. The summed E-state index contributed by atoms with van der Waals surface area (Å²) < 4.78 is 6.41. The molecule has 4 N–H and O–H groups in total. The highest BCUT2D eigenvalue weighted by molar-refractivity contribution is 5.09. The number of nitrogens with zero attached hydrogens (tertiary/aromatic N) is 3. The number of anilines is 1. The summed E-state index contributed by atoms with van der Waals surface area (Å²) in [6.45, 7) is -0.303. The van der Waals surface area contributed by atoms with E-state index in [-0.39, 0.29) is 19.0 Å². The van der Waals surface area contributed by atoms with Crippen molar-refractivity contribution in [3.63, 3.8) is 0 Å². The number of aliphatic hydroxyl groups is 2. The van der Waals surface area contributed by atoms with E-state index in [1.807, 2.05) is 0 Å². The Morgan fingerprint density at radius 1 is 1.69 bits per heavy atom. The van der Waals surface area contributed by atoms with Crippen molar-refractivity contribution in [2.75, 3.05) is 12.3 Å². The smallest absolute Gasteiger partial charge is 0.354 e. The fraction of sp³-hybridized carbons (Fsp3) is 0.625. The first-order valence-corrected chi connectivity index (χ1v) is 4.77. The summed E-state index contributed by atoms with van der Waals surface area (Å²) >= 11 is 0. The van der Waals surface area contributed by atoms with Gasteiger partial charge >= 0.3 is 5.69 Å². The molecule has 3 atom stereocenters.